The zero-order valence-electron chi connectivity index (χ0n) is 15.2. The van der Waals surface area contributed by atoms with Crippen LogP contribution in [0.5, 0.6) is 11.5 Å². The van der Waals surface area contributed by atoms with Crippen LogP contribution in [0.2, 0.25) is 0 Å². The first kappa shape index (κ1) is 19.8. The average molecular weight is 397 g/mol. The zero-order chi connectivity index (χ0) is 20.3. The second-order valence-corrected chi connectivity index (χ2v) is 6.67. The number of hydrogen-bond acceptors (Lipinski definition) is 5. The molecule has 1 aromatic carbocycles. The minimum absolute atomic E-state index is 0.0754. The summed E-state index contributed by atoms with van der Waals surface area (Å²) in [5.74, 6) is -0.488. The lowest BCUT2D eigenvalue weighted by Gasteiger charge is -2.23. The van der Waals surface area contributed by atoms with Crippen LogP contribution >= 0.6 is 0 Å². The third kappa shape index (κ3) is 4.87. The number of alkyl halides is 2. The molecular weight excluding hydrogens is 376 g/mol. The van der Waals surface area contributed by atoms with Crippen molar-refractivity contribution >= 4 is 17.8 Å². The fourth-order valence-corrected chi connectivity index (χ4v) is 3.08. The molecule has 3 rings (SSSR count). The van der Waals surface area contributed by atoms with Crippen LogP contribution in [0.25, 0.3) is 0 Å². The van der Waals surface area contributed by atoms with E-state index >= 15 is 0 Å². The van der Waals surface area contributed by atoms with Crippen molar-refractivity contribution < 1.29 is 32.6 Å². The highest BCUT2D eigenvalue weighted by molar-refractivity contribution is 6.04. The molecule has 2 N–H and O–H groups in total. The van der Waals surface area contributed by atoms with Crippen molar-refractivity contribution in [1.29, 1.82) is 0 Å². The Bertz CT molecular complexity index is 770. The molecule has 1 heterocycles. The number of methoxy groups -OCH3 is 1. The van der Waals surface area contributed by atoms with Gasteiger partial charge >= 0.3 is 12.6 Å². The third-order valence-electron chi connectivity index (χ3n) is 4.61. The van der Waals surface area contributed by atoms with Crippen molar-refractivity contribution in [2.75, 3.05) is 7.11 Å². The number of nitrogens with one attached hydrogen (secondary N) is 2. The van der Waals surface area contributed by atoms with Gasteiger partial charge in [0.2, 0.25) is 5.91 Å². The van der Waals surface area contributed by atoms with Gasteiger partial charge in [0.1, 0.15) is 6.04 Å². The molecule has 2 fully saturated rings. The molecule has 0 radical (unpaired) electrons. The summed E-state index contributed by atoms with van der Waals surface area (Å²) in [6.07, 6.45) is 2.09. The van der Waals surface area contributed by atoms with Crippen molar-refractivity contribution in [2.45, 2.75) is 50.9 Å². The summed E-state index contributed by atoms with van der Waals surface area (Å²) in [4.78, 5) is 37.1. The van der Waals surface area contributed by atoms with E-state index in [0.717, 1.165) is 12.8 Å². The SMILES string of the molecule is COc1cc(CN(C(=O)CC[C@@H]2NC(=O)NC2=O)C2CC2)ccc1OC(F)F. The molecule has 1 aliphatic carbocycles. The summed E-state index contributed by atoms with van der Waals surface area (Å²) < 4.78 is 34.4. The molecule has 152 valence electrons. The summed E-state index contributed by atoms with van der Waals surface area (Å²) in [7, 11) is 1.35. The highest BCUT2D eigenvalue weighted by Crippen LogP contribution is 2.33. The van der Waals surface area contributed by atoms with Crippen LogP contribution in [0.1, 0.15) is 31.2 Å². The number of hydrogen-bond donors (Lipinski definition) is 2. The lowest BCUT2D eigenvalue weighted by Crippen LogP contribution is -2.35. The predicted molar refractivity (Wildman–Crippen MR) is 92.9 cm³/mol. The molecule has 1 atom stereocenters. The highest BCUT2D eigenvalue weighted by atomic mass is 19.3. The summed E-state index contributed by atoms with van der Waals surface area (Å²) in [6.45, 7) is -2.67. The molecule has 0 bridgehead atoms. The molecule has 4 amide bonds. The number of carbonyl (C=O) groups is 3. The Kier molecular flexibility index (Phi) is 5.96. The molecule has 0 spiro atoms. The number of imide groups is 1. The van der Waals surface area contributed by atoms with Crippen molar-refractivity contribution in [3.8, 4) is 11.5 Å². The zero-order valence-corrected chi connectivity index (χ0v) is 15.2. The lowest BCUT2D eigenvalue weighted by atomic mass is 10.1. The lowest BCUT2D eigenvalue weighted by molar-refractivity contribution is -0.132. The predicted octanol–water partition coefficient (Wildman–Crippen LogP) is 1.78. The fraction of sp³-hybridized carbons (Fsp3) is 0.500. The first-order chi connectivity index (χ1) is 13.4. The summed E-state index contributed by atoms with van der Waals surface area (Å²) in [5, 5.41) is 4.60. The summed E-state index contributed by atoms with van der Waals surface area (Å²) in [6, 6.07) is 3.40. The van der Waals surface area contributed by atoms with E-state index in [1.54, 1.807) is 17.0 Å². The van der Waals surface area contributed by atoms with Crippen molar-refractivity contribution in [3.63, 3.8) is 0 Å². The molecule has 1 aliphatic heterocycles. The second kappa shape index (κ2) is 8.41. The number of ether oxygens (including phenoxy) is 2. The number of halogens is 2. The number of rotatable bonds is 9. The maximum absolute atomic E-state index is 12.7. The highest BCUT2D eigenvalue weighted by Gasteiger charge is 2.34. The monoisotopic (exact) mass is 397 g/mol. The number of benzene rings is 1. The fourth-order valence-electron chi connectivity index (χ4n) is 3.08. The molecule has 1 saturated carbocycles. The molecule has 28 heavy (non-hydrogen) atoms. The van der Waals surface area contributed by atoms with Gasteiger partial charge in [-0.15, -0.1) is 0 Å². The van der Waals surface area contributed by atoms with Crippen LogP contribution in [0, 0.1) is 0 Å². The number of amides is 4. The Morgan fingerprint density at radius 1 is 1.29 bits per heavy atom. The van der Waals surface area contributed by atoms with Crippen LogP contribution in [0.3, 0.4) is 0 Å². The van der Waals surface area contributed by atoms with E-state index in [0.29, 0.717) is 5.56 Å². The molecule has 10 heteroatoms. The molecule has 0 unspecified atom stereocenters. The van der Waals surface area contributed by atoms with E-state index < -0.39 is 24.6 Å². The molecule has 1 saturated heterocycles. The molecule has 2 aliphatic rings. The molecule has 1 aromatic rings. The van der Waals surface area contributed by atoms with Crippen LogP contribution in [-0.2, 0) is 16.1 Å². The van der Waals surface area contributed by atoms with E-state index in [1.165, 1.54) is 13.2 Å². The first-order valence-electron chi connectivity index (χ1n) is 8.90. The Morgan fingerprint density at radius 3 is 2.61 bits per heavy atom. The summed E-state index contributed by atoms with van der Waals surface area (Å²) >= 11 is 0. The van der Waals surface area contributed by atoms with Gasteiger partial charge in [0.15, 0.2) is 11.5 Å². The van der Waals surface area contributed by atoms with E-state index in [-0.39, 0.29) is 42.8 Å². The molecule has 0 aromatic heterocycles. The minimum Gasteiger partial charge on any atom is -0.493 e. The maximum Gasteiger partial charge on any atom is 0.387 e. The first-order valence-corrected chi connectivity index (χ1v) is 8.90. The standard InChI is InChI=1S/C18H21F2N3O5/c1-27-14-8-10(2-6-13(14)28-17(19)20)9-23(11-3-4-11)15(24)7-5-12-16(25)22-18(26)21-12/h2,6,8,11-12,17H,3-5,7,9H2,1H3,(H2,21,22,25,26)/t12-/m0/s1. The van der Waals surface area contributed by atoms with E-state index in [4.69, 9.17) is 4.74 Å². The number of carbonyl (C=O) groups excluding carboxylic acids is 3. The van der Waals surface area contributed by atoms with Gasteiger partial charge in [0, 0.05) is 19.0 Å². The van der Waals surface area contributed by atoms with Crippen LogP contribution in [-0.4, -0.2) is 48.6 Å². The Morgan fingerprint density at radius 2 is 2.04 bits per heavy atom. The number of urea groups is 1. The molecule has 8 nitrogen and oxygen atoms in total. The third-order valence-corrected chi connectivity index (χ3v) is 4.61. The Balaban J connectivity index is 1.63. The van der Waals surface area contributed by atoms with Crippen LogP contribution in [0.4, 0.5) is 13.6 Å². The largest absolute Gasteiger partial charge is 0.493 e. The van der Waals surface area contributed by atoms with Crippen molar-refractivity contribution in [2.24, 2.45) is 0 Å². The van der Waals surface area contributed by atoms with Gasteiger partial charge in [-0.05, 0) is 37.0 Å². The van der Waals surface area contributed by atoms with E-state index in [2.05, 4.69) is 15.4 Å². The van der Waals surface area contributed by atoms with Gasteiger partial charge in [-0.25, -0.2) is 4.79 Å². The number of nitrogens with zero attached hydrogens (tertiary/aromatic N) is 1. The van der Waals surface area contributed by atoms with Crippen molar-refractivity contribution in [3.05, 3.63) is 23.8 Å². The van der Waals surface area contributed by atoms with Gasteiger partial charge in [-0.1, -0.05) is 6.07 Å². The van der Waals surface area contributed by atoms with E-state index in [9.17, 15) is 23.2 Å². The van der Waals surface area contributed by atoms with Gasteiger partial charge < -0.3 is 19.7 Å². The van der Waals surface area contributed by atoms with Crippen molar-refractivity contribution in [1.82, 2.24) is 15.5 Å². The van der Waals surface area contributed by atoms with Gasteiger partial charge in [0.25, 0.3) is 5.91 Å². The van der Waals surface area contributed by atoms with Gasteiger partial charge in [-0.2, -0.15) is 8.78 Å². The second-order valence-electron chi connectivity index (χ2n) is 6.67. The minimum atomic E-state index is -2.96. The maximum atomic E-state index is 12.7. The normalized spacial score (nSPS) is 18.6. The van der Waals surface area contributed by atoms with E-state index in [1.807, 2.05) is 0 Å². The smallest absolute Gasteiger partial charge is 0.387 e. The molecular formula is C18H21F2N3O5. The average Bonchev–Trinajstić information content (AvgIpc) is 3.43. The topological polar surface area (TPSA) is 97.0 Å². The van der Waals surface area contributed by atoms with Gasteiger partial charge in [0.05, 0.1) is 7.11 Å². The van der Waals surface area contributed by atoms with Gasteiger partial charge in [-0.3, -0.25) is 14.9 Å². The van der Waals surface area contributed by atoms with Crippen LogP contribution in [0.15, 0.2) is 18.2 Å². The summed E-state index contributed by atoms with van der Waals surface area (Å²) in [5.41, 5.74) is 0.714. The Hall–Kier alpha value is -2.91. The quantitative estimate of drug-likeness (QED) is 0.619. The Labute approximate surface area is 160 Å². The van der Waals surface area contributed by atoms with Crippen LogP contribution < -0.4 is 20.1 Å².